The number of hydrogen-bond acceptors (Lipinski definition) is 3. The first kappa shape index (κ1) is 19.4. The van der Waals surface area contributed by atoms with Crippen LogP contribution < -0.4 is 10.1 Å². The summed E-state index contributed by atoms with van der Waals surface area (Å²) in [5.74, 6) is 0.244. The van der Waals surface area contributed by atoms with Crippen LogP contribution in [0.4, 0.5) is 4.39 Å². The monoisotopic (exact) mass is 396 g/mol. The first-order valence-electron chi connectivity index (χ1n) is 10.2. The van der Waals surface area contributed by atoms with Gasteiger partial charge in [0.1, 0.15) is 11.6 Å². The summed E-state index contributed by atoms with van der Waals surface area (Å²) in [7, 11) is 0. The molecule has 29 heavy (non-hydrogen) atoms. The van der Waals surface area contributed by atoms with Gasteiger partial charge in [0.2, 0.25) is 5.91 Å². The van der Waals surface area contributed by atoms with Gasteiger partial charge in [0.25, 0.3) is 5.91 Å². The molecule has 1 atom stereocenters. The molecule has 4 rings (SSSR count). The third-order valence-electron chi connectivity index (χ3n) is 5.65. The minimum absolute atomic E-state index is 0.0321. The molecule has 2 aromatic carbocycles. The first-order valence-corrected chi connectivity index (χ1v) is 10.2. The quantitative estimate of drug-likeness (QED) is 0.846. The van der Waals surface area contributed by atoms with Gasteiger partial charge in [-0.3, -0.25) is 9.59 Å². The summed E-state index contributed by atoms with van der Waals surface area (Å²) in [6, 6.07) is 14.4. The number of amides is 2. The molecule has 2 amide bonds. The number of rotatable bonds is 5. The number of carbonyl (C=O) groups excluding carboxylic acids is 2. The minimum atomic E-state index is -0.614. The number of fused-ring (bicyclic) bond motifs is 1. The second-order valence-electron chi connectivity index (χ2n) is 7.71. The van der Waals surface area contributed by atoms with Crippen molar-refractivity contribution < 1.29 is 18.7 Å². The molecular weight excluding hydrogens is 371 g/mol. The highest BCUT2D eigenvalue weighted by Gasteiger charge is 2.32. The van der Waals surface area contributed by atoms with Gasteiger partial charge in [-0.1, -0.05) is 30.3 Å². The SMILES string of the molecule is O=C(NC1CCN(C(=O)CCc2ccccc2)CC1)C1Cc2cc(F)ccc2O1. The number of nitrogens with one attached hydrogen (secondary N) is 1. The van der Waals surface area contributed by atoms with Crippen molar-refractivity contribution in [3.8, 4) is 5.75 Å². The van der Waals surface area contributed by atoms with Gasteiger partial charge in [0.15, 0.2) is 6.10 Å². The van der Waals surface area contributed by atoms with Crippen molar-refractivity contribution in [2.24, 2.45) is 0 Å². The predicted molar refractivity (Wildman–Crippen MR) is 107 cm³/mol. The van der Waals surface area contributed by atoms with Crippen molar-refractivity contribution in [2.45, 2.75) is 44.2 Å². The van der Waals surface area contributed by atoms with Gasteiger partial charge in [0.05, 0.1) is 0 Å². The van der Waals surface area contributed by atoms with Crippen LogP contribution in [0.1, 0.15) is 30.4 Å². The third kappa shape index (κ3) is 4.75. The number of carbonyl (C=O) groups is 2. The van der Waals surface area contributed by atoms with E-state index >= 15 is 0 Å². The molecule has 2 aliphatic rings. The van der Waals surface area contributed by atoms with Gasteiger partial charge in [-0.05, 0) is 43.0 Å². The summed E-state index contributed by atoms with van der Waals surface area (Å²) >= 11 is 0. The number of likely N-dealkylation sites (tertiary alicyclic amines) is 1. The number of ether oxygens (including phenoxy) is 1. The van der Waals surface area contributed by atoms with Crippen molar-refractivity contribution in [2.75, 3.05) is 13.1 Å². The lowest BCUT2D eigenvalue weighted by Gasteiger charge is -2.33. The van der Waals surface area contributed by atoms with E-state index in [2.05, 4.69) is 5.32 Å². The number of benzene rings is 2. The Morgan fingerprint density at radius 3 is 2.62 bits per heavy atom. The topological polar surface area (TPSA) is 58.6 Å². The lowest BCUT2D eigenvalue weighted by molar-refractivity contribution is -0.132. The van der Waals surface area contributed by atoms with Crippen molar-refractivity contribution in [3.63, 3.8) is 0 Å². The molecule has 2 aromatic rings. The molecule has 5 nitrogen and oxygen atoms in total. The Kier molecular flexibility index (Phi) is 5.79. The molecular formula is C23H25FN2O3. The van der Waals surface area contributed by atoms with Crippen molar-refractivity contribution in [3.05, 3.63) is 65.5 Å². The van der Waals surface area contributed by atoms with Crippen molar-refractivity contribution in [1.82, 2.24) is 10.2 Å². The summed E-state index contributed by atoms with van der Waals surface area (Å²) in [6.07, 6.45) is 2.49. The Bertz CT molecular complexity index is 879. The number of hydrogen-bond donors (Lipinski definition) is 1. The molecule has 2 heterocycles. The highest BCUT2D eigenvalue weighted by Crippen LogP contribution is 2.29. The zero-order valence-electron chi connectivity index (χ0n) is 16.3. The van der Waals surface area contributed by atoms with Crippen molar-refractivity contribution >= 4 is 11.8 Å². The van der Waals surface area contributed by atoms with Crippen LogP contribution in [0.3, 0.4) is 0 Å². The molecule has 0 bridgehead atoms. The van der Waals surface area contributed by atoms with Crippen LogP contribution >= 0.6 is 0 Å². The fourth-order valence-corrected chi connectivity index (χ4v) is 3.98. The van der Waals surface area contributed by atoms with E-state index in [1.165, 1.54) is 17.7 Å². The average Bonchev–Trinajstić information content (AvgIpc) is 3.17. The van der Waals surface area contributed by atoms with Crippen LogP contribution in [0.25, 0.3) is 0 Å². The summed E-state index contributed by atoms with van der Waals surface area (Å²) < 4.78 is 19.0. The average molecular weight is 396 g/mol. The van der Waals surface area contributed by atoms with E-state index in [-0.39, 0.29) is 23.7 Å². The van der Waals surface area contributed by atoms with Gasteiger partial charge in [-0.25, -0.2) is 4.39 Å². The van der Waals surface area contributed by atoms with Crippen LogP contribution in [0.5, 0.6) is 5.75 Å². The number of aryl methyl sites for hydroxylation is 1. The van der Waals surface area contributed by atoms with Gasteiger partial charge in [0, 0.05) is 37.5 Å². The van der Waals surface area contributed by atoms with Crippen LogP contribution in [0, 0.1) is 5.82 Å². The molecule has 0 spiro atoms. The van der Waals surface area contributed by atoms with Gasteiger partial charge < -0.3 is 15.0 Å². The zero-order valence-corrected chi connectivity index (χ0v) is 16.3. The van der Waals surface area contributed by atoms with E-state index in [4.69, 9.17) is 4.74 Å². The van der Waals surface area contributed by atoms with E-state index in [0.717, 1.165) is 24.8 Å². The fraction of sp³-hybridized carbons (Fsp3) is 0.391. The summed E-state index contributed by atoms with van der Waals surface area (Å²) in [5.41, 5.74) is 1.89. The zero-order chi connectivity index (χ0) is 20.2. The largest absolute Gasteiger partial charge is 0.480 e. The molecule has 1 fully saturated rings. The Hall–Kier alpha value is -2.89. The second kappa shape index (κ2) is 8.64. The highest BCUT2D eigenvalue weighted by molar-refractivity contribution is 5.83. The Balaban J connectivity index is 1.21. The van der Waals surface area contributed by atoms with E-state index in [0.29, 0.717) is 31.7 Å². The summed E-state index contributed by atoms with van der Waals surface area (Å²) in [4.78, 5) is 26.9. The highest BCUT2D eigenvalue weighted by atomic mass is 19.1. The minimum Gasteiger partial charge on any atom is -0.480 e. The number of piperidine rings is 1. The first-order chi connectivity index (χ1) is 14.1. The van der Waals surface area contributed by atoms with E-state index in [1.807, 2.05) is 35.2 Å². The normalized spacial score (nSPS) is 18.8. The Morgan fingerprint density at radius 1 is 1.10 bits per heavy atom. The van der Waals surface area contributed by atoms with Crippen LogP contribution in [-0.4, -0.2) is 41.9 Å². The molecule has 2 aliphatic heterocycles. The summed E-state index contributed by atoms with van der Waals surface area (Å²) in [6.45, 7) is 1.30. The Morgan fingerprint density at radius 2 is 1.86 bits per heavy atom. The molecule has 0 saturated carbocycles. The molecule has 1 unspecified atom stereocenters. The van der Waals surface area contributed by atoms with Gasteiger partial charge in [-0.15, -0.1) is 0 Å². The van der Waals surface area contributed by atoms with E-state index < -0.39 is 6.10 Å². The predicted octanol–water partition coefficient (Wildman–Crippen LogP) is 2.87. The van der Waals surface area contributed by atoms with Gasteiger partial charge >= 0.3 is 0 Å². The molecule has 0 radical (unpaired) electrons. The van der Waals surface area contributed by atoms with Crippen LogP contribution in [-0.2, 0) is 22.4 Å². The standard InChI is InChI=1S/C23H25FN2O3/c24-18-7-8-20-17(14-18)15-21(29-20)23(28)25-19-10-12-26(13-11-19)22(27)9-6-16-4-2-1-3-5-16/h1-5,7-8,14,19,21H,6,9-13,15H2,(H,25,28). The maximum absolute atomic E-state index is 13.3. The fourth-order valence-electron chi connectivity index (χ4n) is 3.98. The molecule has 1 N–H and O–H groups in total. The van der Waals surface area contributed by atoms with Crippen LogP contribution in [0.2, 0.25) is 0 Å². The second-order valence-corrected chi connectivity index (χ2v) is 7.71. The lowest BCUT2D eigenvalue weighted by atomic mass is 10.0. The van der Waals surface area contributed by atoms with Crippen molar-refractivity contribution in [1.29, 1.82) is 0 Å². The van der Waals surface area contributed by atoms with Crippen LogP contribution in [0.15, 0.2) is 48.5 Å². The number of halogens is 1. The smallest absolute Gasteiger partial charge is 0.261 e. The summed E-state index contributed by atoms with van der Waals surface area (Å²) in [5, 5.41) is 3.03. The third-order valence-corrected chi connectivity index (χ3v) is 5.65. The molecule has 6 heteroatoms. The molecule has 152 valence electrons. The van der Waals surface area contributed by atoms with Gasteiger partial charge in [-0.2, -0.15) is 0 Å². The molecule has 0 aromatic heterocycles. The maximum atomic E-state index is 13.3. The molecule has 0 aliphatic carbocycles. The molecule has 1 saturated heterocycles. The lowest BCUT2D eigenvalue weighted by Crippen LogP contribution is -2.49. The van der Waals surface area contributed by atoms with E-state index in [9.17, 15) is 14.0 Å². The maximum Gasteiger partial charge on any atom is 0.261 e. The van der Waals surface area contributed by atoms with E-state index in [1.54, 1.807) is 6.07 Å². The Labute approximate surface area is 169 Å². The number of nitrogens with zero attached hydrogens (tertiary/aromatic N) is 1.